The van der Waals surface area contributed by atoms with Crippen molar-refractivity contribution in [2.75, 3.05) is 0 Å². The highest BCUT2D eigenvalue weighted by Crippen LogP contribution is 2.10. The van der Waals surface area contributed by atoms with Gasteiger partial charge >= 0.3 is 0 Å². The van der Waals surface area contributed by atoms with Crippen LogP contribution in [0.4, 0.5) is 0 Å². The third-order valence-electron chi connectivity index (χ3n) is 3.06. The average Bonchev–Trinajstić information content (AvgIpc) is 2.46. The minimum atomic E-state index is -3.36. The Morgan fingerprint density at radius 1 is 0.667 bits per heavy atom. The largest absolute Gasteiger partial charge is 0.220 e. The van der Waals surface area contributed by atoms with Gasteiger partial charge in [0.15, 0.2) is 9.84 Å². The van der Waals surface area contributed by atoms with Crippen molar-refractivity contribution in [2.45, 2.75) is 13.8 Å². The van der Waals surface area contributed by atoms with Crippen LogP contribution in [0.5, 0.6) is 0 Å². The molecular weight excluding hydrogens is 280 g/mol. The first-order valence-corrected chi connectivity index (χ1v) is 8.30. The average molecular weight is 298 g/mol. The molecule has 0 bridgehead atoms. The standard InChI is InChI=1S/C18H18O2S/c1-15-3-7-17(8-4-15)11-13-21(19,20)14-12-18-9-5-16(2)6-10-18/h3-14H,1-2H3/b13-11+,14-12+. The lowest BCUT2D eigenvalue weighted by atomic mass is 10.1. The Balaban J connectivity index is 2.11. The van der Waals surface area contributed by atoms with E-state index in [1.807, 2.05) is 62.4 Å². The maximum atomic E-state index is 11.9. The number of benzene rings is 2. The van der Waals surface area contributed by atoms with Gasteiger partial charge in [0, 0.05) is 10.8 Å². The second-order valence-corrected chi connectivity index (χ2v) is 6.74. The number of rotatable bonds is 4. The van der Waals surface area contributed by atoms with Crippen molar-refractivity contribution in [2.24, 2.45) is 0 Å². The predicted molar refractivity (Wildman–Crippen MR) is 89.3 cm³/mol. The smallest absolute Gasteiger partial charge is 0.193 e. The molecule has 21 heavy (non-hydrogen) atoms. The molecule has 0 N–H and O–H groups in total. The van der Waals surface area contributed by atoms with Crippen LogP contribution in [-0.4, -0.2) is 8.42 Å². The van der Waals surface area contributed by atoms with Gasteiger partial charge in [-0.05, 0) is 37.1 Å². The van der Waals surface area contributed by atoms with Crippen LogP contribution in [-0.2, 0) is 9.84 Å². The summed E-state index contributed by atoms with van der Waals surface area (Å²) in [6, 6.07) is 15.4. The highest BCUT2D eigenvalue weighted by molar-refractivity contribution is 7.97. The summed E-state index contributed by atoms with van der Waals surface area (Å²) in [5.74, 6) is 0. The maximum Gasteiger partial charge on any atom is 0.193 e. The third kappa shape index (κ3) is 5.04. The number of sulfone groups is 1. The highest BCUT2D eigenvalue weighted by Gasteiger charge is 1.99. The van der Waals surface area contributed by atoms with Gasteiger partial charge in [0.05, 0.1) is 0 Å². The third-order valence-corrected chi connectivity index (χ3v) is 4.09. The molecule has 2 nitrogen and oxygen atoms in total. The summed E-state index contributed by atoms with van der Waals surface area (Å²) in [5.41, 5.74) is 4.03. The summed E-state index contributed by atoms with van der Waals surface area (Å²) in [6.07, 6.45) is 3.21. The minimum Gasteiger partial charge on any atom is -0.220 e. The Morgan fingerprint density at radius 3 is 1.33 bits per heavy atom. The molecule has 0 saturated carbocycles. The van der Waals surface area contributed by atoms with Crippen molar-refractivity contribution in [1.29, 1.82) is 0 Å². The second-order valence-electron chi connectivity index (χ2n) is 5.02. The molecule has 0 saturated heterocycles. The van der Waals surface area contributed by atoms with Crippen LogP contribution in [0.3, 0.4) is 0 Å². The molecule has 2 aromatic rings. The molecule has 0 aromatic heterocycles. The van der Waals surface area contributed by atoms with Crippen LogP contribution in [0.1, 0.15) is 22.3 Å². The van der Waals surface area contributed by atoms with E-state index in [1.54, 1.807) is 12.2 Å². The van der Waals surface area contributed by atoms with E-state index in [2.05, 4.69) is 0 Å². The molecular formula is C18H18O2S. The summed E-state index contributed by atoms with van der Waals surface area (Å²) in [4.78, 5) is 0. The second kappa shape index (κ2) is 6.55. The maximum absolute atomic E-state index is 11.9. The summed E-state index contributed by atoms with van der Waals surface area (Å²) in [7, 11) is -3.36. The normalized spacial score (nSPS) is 12.3. The fraction of sp³-hybridized carbons (Fsp3) is 0.111. The summed E-state index contributed by atoms with van der Waals surface area (Å²) in [5, 5.41) is 2.45. The van der Waals surface area contributed by atoms with Gasteiger partial charge in [0.2, 0.25) is 0 Å². The SMILES string of the molecule is Cc1ccc(/C=C/S(=O)(=O)/C=C/c2ccc(C)cc2)cc1. The van der Waals surface area contributed by atoms with Crippen molar-refractivity contribution in [3.8, 4) is 0 Å². The lowest BCUT2D eigenvalue weighted by molar-refractivity contribution is 0.613. The van der Waals surface area contributed by atoms with Gasteiger partial charge in [-0.25, -0.2) is 8.42 Å². The van der Waals surface area contributed by atoms with Crippen molar-refractivity contribution in [1.82, 2.24) is 0 Å². The molecule has 0 amide bonds. The van der Waals surface area contributed by atoms with Gasteiger partial charge in [0.1, 0.15) is 0 Å². The van der Waals surface area contributed by atoms with E-state index >= 15 is 0 Å². The molecule has 2 rings (SSSR count). The topological polar surface area (TPSA) is 34.1 Å². The molecule has 2 aromatic carbocycles. The minimum absolute atomic E-state index is 0.868. The van der Waals surface area contributed by atoms with E-state index in [0.717, 1.165) is 22.3 Å². The van der Waals surface area contributed by atoms with E-state index in [-0.39, 0.29) is 0 Å². The molecule has 0 radical (unpaired) electrons. The number of aryl methyl sites for hydroxylation is 2. The lowest BCUT2D eigenvalue weighted by Gasteiger charge is -1.96. The van der Waals surface area contributed by atoms with Crippen LogP contribution >= 0.6 is 0 Å². The van der Waals surface area contributed by atoms with Gasteiger partial charge < -0.3 is 0 Å². The fourth-order valence-corrected chi connectivity index (χ4v) is 2.53. The summed E-state index contributed by atoms with van der Waals surface area (Å²) >= 11 is 0. The Morgan fingerprint density at radius 2 is 1.00 bits per heavy atom. The molecule has 3 heteroatoms. The Bertz CT molecular complexity index is 688. The van der Waals surface area contributed by atoms with E-state index in [0.29, 0.717) is 0 Å². The number of hydrogen-bond donors (Lipinski definition) is 0. The van der Waals surface area contributed by atoms with Gasteiger partial charge in [-0.2, -0.15) is 0 Å². The van der Waals surface area contributed by atoms with Gasteiger partial charge in [-0.15, -0.1) is 0 Å². The molecule has 0 aliphatic heterocycles. The molecule has 0 aliphatic rings. The fourth-order valence-electron chi connectivity index (χ4n) is 1.75. The zero-order chi connectivity index (χ0) is 15.3. The zero-order valence-electron chi connectivity index (χ0n) is 12.2. The van der Waals surface area contributed by atoms with Crippen LogP contribution in [0, 0.1) is 13.8 Å². The van der Waals surface area contributed by atoms with Gasteiger partial charge in [-0.3, -0.25) is 0 Å². The summed E-state index contributed by atoms with van der Waals surface area (Å²) < 4.78 is 23.9. The lowest BCUT2D eigenvalue weighted by Crippen LogP contribution is -1.88. The molecule has 0 atom stereocenters. The van der Waals surface area contributed by atoms with Crippen LogP contribution in [0.15, 0.2) is 59.3 Å². The summed E-state index contributed by atoms with van der Waals surface area (Å²) in [6.45, 7) is 3.99. The van der Waals surface area contributed by atoms with Crippen LogP contribution in [0.25, 0.3) is 12.2 Å². The monoisotopic (exact) mass is 298 g/mol. The van der Waals surface area contributed by atoms with Crippen molar-refractivity contribution in [3.63, 3.8) is 0 Å². The highest BCUT2D eigenvalue weighted by atomic mass is 32.2. The first-order chi connectivity index (χ1) is 9.94. The van der Waals surface area contributed by atoms with Crippen molar-refractivity contribution >= 4 is 22.0 Å². The molecule has 0 unspecified atom stereocenters. The molecule has 0 fully saturated rings. The Kier molecular flexibility index (Phi) is 4.76. The van der Waals surface area contributed by atoms with Crippen LogP contribution < -0.4 is 0 Å². The van der Waals surface area contributed by atoms with Crippen molar-refractivity contribution < 1.29 is 8.42 Å². The number of hydrogen-bond acceptors (Lipinski definition) is 2. The van der Waals surface area contributed by atoms with E-state index in [1.165, 1.54) is 10.8 Å². The van der Waals surface area contributed by atoms with Gasteiger partial charge in [-0.1, -0.05) is 59.7 Å². The van der Waals surface area contributed by atoms with Crippen LogP contribution in [0.2, 0.25) is 0 Å². The van der Waals surface area contributed by atoms with E-state index in [4.69, 9.17) is 0 Å². The molecule has 0 heterocycles. The van der Waals surface area contributed by atoms with E-state index < -0.39 is 9.84 Å². The zero-order valence-corrected chi connectivity index (χ0v) is 13.0. The first-order valence-electron chi connectivity index (χ1n) is 6.69. The Hall–Kier alpha value is -2.13. The van der Waals surface area contributed by atoms with Crippen molar-refractivity contribution in [3.05, 3.63) is 81.6 Å². The molecule has 108 valence electrons. The van der Waals surface area contributed by atoms with Gasteiger partial charge in [0.25, 0.3) is 0 Å². The van der Waals surface area contributed by atoms with E-state index in [9.17, 15) is 8.42 Å². The quantitative estimate of drug-likeness (QED) is 0.840. The first kappa shape index (κ1) is 15.3. The molecule has 0 aliphatic carbocycles. The predicted octanol–water partition coefficient (Wildman–Crippen LogP) is 4.36. The Labute approximate surface area is 126 Å². The molecule has 0 spiro atoms.